The number of hydrogen-bond donors (Lipinski definition) is 3. The molecule has 1 atom stereocenters. The predicted octanol–water partition coefficient (Wildman–Crippen LogP) is 3.64. The predicted molar refractivity (Wildman–Crippen MR) is 112 cm³/mol. The maximum Gasteiger partial charge on any atom is 0.315 e. The summed E-state index contributed by atoms with van der Waals surface area (Å²) in [4.78, 5) is 12.2. The lowest BCUT2D eigenvalue weighted by atomic mass is 9.96. The molecule has 0 aliphatic heterocycles. The molecule has 5 heteroatoms. The molecular formula is C23H26N2O3. The molecule has 2 amide bonds. The third kappa shape index (κ3) is 5.24. The molecule has 146 valence electrons. The Hall–Kier alpha value is -3.05. The lowest BCUT2D eigenvalue weighted by Gasteiger charge is -2.24. The van der Waals surface area contributed by atoms with E-state index >= 15 is 0 Å². The maximum absolute atomic E-state index is 12.2. The molecule has 3 N–H and O–H groups in total. The van der Waals surface area contributed by atoms with E-state index in [9.17, 15) is 9.90 Å². The van der Waals surface area contributed by atoms with E-state index in [4.69, 9.17) is 4.74 Å². The highest BCUT2D eigenvalue weighted by Gasteiger charge is 2.22. The smallest absolute Gasteiger partial charge is 0.315 e. The number of benzene rings is 3. The van der Waals surface area contributed by atoms with Crippen LogP contribution in [-0.4, -0.2) is 30.4 Å². The topological polar surface area (TPSA) is 70.6 Å². The van der Waals surface area contributed by atoms with Crippen LogP contribution in [0.25, 0.3) is 10.8 Å². The second-order valence-corrected chi connectivity index (χ2v) is 7.20. The van der Waals surface area contributed by atoms with E-state index in [1.54, 1.807) is 14.0 Å². The van der Waals surface area contributed by atoms with E-state index in [1.165, 1.54) is 0 Å². The Balaban J connectivity index is 1.51. The van der Waals surface area contributed by atoms with Crippen molar-refractivity contribution in [3.05, 3.63) is 77.9 Å². The average Bonchev–Trinajstić information content (AvgIpc) is 2.71. The number of ether oxygens (including phenoxy) is 1. The Morgan fingerprint density at radius 1 is 1.00 bits per heavy atom. The monoisotopic (exact) mass is 378 g/mol. The Labute approximate surface area is 165 Å². The van der Waals surface area contributed by atoms with Gasteiger partial charge in [-0.05, 0) is 41.0 Å². The fourth-order valence-electron chi connectivity index (χ4n) is 3.20. The van der Waals surface area contributed by atoms with Crippen LogP contribution in [0.2, 0.25) is 0 Å². The number of hydrogen-bond acceptors (Lipinski definition) is 3. The number of carbonyl (C=O) groups is 1. The minimum absolute atomic E-state index is 0.153. The molecule has 0 saturated heterocycles. The number of methoxy groups -OCH3 is 1. The molecule has 0 aliphatic rings. The molecule has 0 heterocycles. The number of aliphatic hydroxyl groups is 1. The Morgan fingerprint density at radius 3 is 2.46 bits per heavy atom. The third-order valence-electron chi connectivity index (χ3n) is 4.69. The van der Waals surface area contributed by atoms with E-state index in [-0.39, 0.29) is 12.6 Å². The molecule has 0 aromatic heterocycles. The molecule has 0 spiro atoms. The van der Waals surface area contributed by atoms with Crippen LogP contribution >= 0.6 is 0 Å². The highest BCUT2D eigenvalue weighted by Crippen LogP contribution is 2.18. The number of rotatable bonds is 7. The van der Waals surface area contributed by atoms with Crippen molar-refractivity contribution in [2.24, 2.45) is 0 Å². The summed E-state index contributed by atoms with van der Waals surface area (Å²) in [7, 11) is 1.62. The van der Waals surface area contributed by atoms with Gasteiger partial charge in [0.25, 0.3) is 0 Å². The minimum Gasteiger partial charge on any atom is -0.497 e. The first kappa shape index (κ1) is 19.7. The molecule has 5 nitrogen and oxygen atoms in total. The normalized spacial score (nSPS) is 13.0. The number of carbonyl (C=O) groups excluding carboxylic acids is 1. The standard InChI is InChI=1S/C23H26N2O3/c1-23(27,14-17-10-12-20(28-2)13-11-17)16-25-22(26)24-15-19-8-5-7-18-6-3-4-9-21(18)19/h3-13,27H,14-16H2,1-2H3,(H2,24,25,26)/t23-/m0/s1. The zero-order valence-corrected chi connectivity index (χ0v) is 16.2. The lowest BCUT2D eigenvalue weighted by molar-refractivity contribution is 0.0624. The maximum atomic E-state index is 12.2. The molecule has 28 heavy (non-hydrogen) atoms. The van der Waals surface area contributed by atoms with Gasteiger partial charge in [0, 0.05) is 19.5 Å². The van der Waals surface area contributed by atoms with Crippen LogP contribution in [0.5, 0.6) is 5.75 Å². The average molecular weight is 378 g/mol. The first-order chi connectivity index (χ1) is 13.5. The Morgan fingerprint density at radius 2 is 1.71 bits per heavy atom. The van der Waals surface area contributed by atoms with Crippen LogP contribution in [0.4, 0.5) is 4.79 Å². The molecule has 0 fully saturated rings. The van der Waals surface area contributed by atoms with Crippen LogP contribution in [0.15, 0.2) is 66.7 Å². The summed E-state index contributed by atoms with van der Waals surface area (Å²) in [6.45, 7) is 2.29. The van der Waals surface area contributed by atoms with Gasteiger partial charge in [-0.3, -0.25) is 0 Å². The number of nitrogens with one attached hydrogen (secondary N) is 2. The molecule has 0 aliphatic carbocycles. The summed E-state index contributed by atoms with van der Waals surface area (Å²) < 4.78 is 5.14. The van der Waals surface area contributed by atoms with Gasteiger partial charge in [-0.15, -0.1) is 0 Å². The SMILES string of the molecule is COc1ccc(C[C@](C)(O)CNC(=O)NCc2cccc3ccccc23)cc1. The Kier molecular flexibility index (Phi) is 6.16. The van der Waals surface area contributed by atoms with Crippen LogP contribution in [0.3, 0.4) is 0 Å². The van der Waals surface area contributed by atoms with Crippen LogP contribution in [0, 0.1) is 0 Å². The summed E-state index contributed by atoms with van der Waals surface area (Å²) in [5.41, 5.74) is 0.979. The number of urea groups is 1. The summed E-state index contributed by atoms with van der Waals surface area (Å²) in [6, 6.07) is 21.4. The summed E-state index contributed by atoms with van der Waals surface area (Å²) in [5, 5.41) is 18.5. The molecule has 3 rings (SSSR count). The second-order valence-electron chi connectivity index (χ2n) is 7.20. The van der Waals surface area contributed by atoms with Gasteiger partial charge in [0.1, 0.15) is 5.75 Å². The summed E-state index contributed by atoms with van der Waals surface area (Å²) in [6.07, 6.45) is 0.431. The number of fused-ring (bicyclic) bond motifs is 1. The van der Waals surface area contributed by atoms with Crippen molar-refractivity contribution < 1.29 is 14.6 Å². The van der Waals surface area contributed by atoms with Crippen LogP contribution < -0.4 is 15.4 Å². The van der Waals surface area contributed by atoms with Crippen molar-refractivity contribution in [2.45, 2.75) is 25.5 Å². The molecule has 3 aromatic rings. The first-order valence-electron chi connectivity index (χ1n) is 9.30. The van der Waals surface area contributed by atoms with Crippen molar-refractivity contribution in [3.63, 3.8) is 0 Å². The molecular weight excluding hydrogens is 352 g/mol. The third-order valence-corrected chi connectivity index (χ3v) is 4.69. The molecule has 0 unspecified atom stereocenters. The van der Waals surface area contributed by atoms with Gasteiger partial charge in [-0.25, -0.2) is 4.79 Å². The van der Waals surface area contributed by atoms with Gasteiger partial charge in [-0.1, -0.05) is 54.6 Å². The first-order valence-corrected chi connectivity index (χ1v) is 9.30. The van der Waals surface area contributed by atoms with Crippen molar-refractivity contribution in [1.29, 1.82) is 0 Å². The van der Waals surface area contributed by atoms with Crippen LogP contribution in [-0.2, 0) is 13.0 Å². The van der Waals surface area contributed by atoms with E-state index in [1.807, 2.05) is 54.6 Å². The van der Waals surface area contributed by atoms with Gasteiger partial charge in [-0.2, -0.15) is 0 Å². The van der Waals surface area contributed by atoms with Gasteiger partial charge in [0.2, 0.25) is 0 Å². The van der Waals surface area contributed by atoms with E-state index in [2.05, 4.69) is 22.8 Å². The number of amides is 2. The summed E-state index contributed by atoms with van der Waals surface area (Å²) in [5.74, 6) is 0.773. The van der Waals surface area contributed by atoms with Gasteiger partial charge >= 0.3 is 6.03 Å². The molecule has 3 aromatic carbocycles. The van der Waals surface area contributed by atoms with E-state index in [0.717, 1.165) is 27.6 Å². The zero-order valence-electron chi connectivity index (χ0n) is 16.2. The molecule has 0 radical (unpaired) electrons. The van der Waals surface area contributed by atoms with Crippen molar-refractivity contribution in [3.8, 4) is 5.75 Å². The minimum atomic E-state index is -1.05. The quantitative estimate of drug-likeness (QED) is 0.588. The highest BCUT2D eigenvalue weighted by molar-refractivity contribution is 5.86. The largest absolute Gasteiger partial charge is 0.497 e. The fourth-order valence-corrected chi connectivity index (χ4v) is 3.20. The fraction of sp³-hybridized carbons (Fsp3) is 0.261. The van der Waals surface area contributed by atoms with E-state index in [0.29, 0.717) is 13.0 Å². The zero-order chi connectivity index (χ0) is 20.0. The van der Waals surface area contributed by atoms with Crippen molar-refractivity contribution >= 4 is 16.8 Å². The van der Waals surface area contributed by atoms with Gasteiger partial charge < -0.3 is 20.5 Å². The van der Waals surface area contributed by atoms with Crippen molar-refractivity contribution in [2.75, 3.05) is 13.7 Å². The van der Waals surface area contributed by atoms with E-state index < -0.39 is 5.60 Å². The second kappa shape index (κ2) is 8.76. The Bertz CT molecular complexity index is 931. The molecule has 0 bridgehead atoms. The van der Waals surface area contributed by atoms with Crippen molar-refractivity contribution in [1.82, 2.24) is 10.6 Å². The van der Waals surface area contributed by atoms with Gasteiger partial charge in [0.05, 0.1) is 12.7 Å². The lowest BCUT2D eigenvalue weighted by Crippen LogP contribution is -2.45. The summed E-state index contributed by atoms with van der Waals surface area (Å²) >= 11 is 0. The highest BCUT2D eigenvalue weighted by atomic mass is 16.5. The van der Waals surface area contributed by atoms with Gasteiger partial charge in [0.15, 0.2) is 0 Å². The van der Waals surface area contributed by atoms with Crippen LogP contribution in [0.1, 0.15) is 18.1 Å². The molecule has 0 saturated carbocycles.